The van der Waals surface area contributed by atoms with E-state index in [4.69, 9.17) is 5.73 Å². The molecule has 4 heteroatoms. The summed E-state index contributed by atoms with van der Waals surface area (Å²) in [7, 11) is 0. The Kier molecular flexibility index (Phi) is 6.52. The number of benzene rings is 1. The molecule has 0 heterocycles. The number of anilines is 1. The quantitative estimate of drug-likeness (QED) is 0.716. The second-order valence-electron chi connectivity index (χ2n) is 5.20. The molecule has 0 aliphatic heterocycles. The molecule has 1 rings (SSSR count). The first-order valence-corrected chi connectivity index (χ1v) is 7.36. The van der Waals surface area contributed by atoms with Crippen molar-refractivity contribution in [3.05, 3.63) is 29.3 Å². The number of carboxylic acid groups (broad SMARTS) is 1. The first kappa shape index (κ1) is 16.5. The van der Waals surface area contributed by atoms with Gasteiger partial charge >= 0.3 is 5.97 Å². The minimum Gasteiger partial charge on any atom is -0.478 e. The first-order valence-electron chi connectivity index (χ1n) is 7.36. The number of hydrogen-bond donors (Lipinski definition) is 2. The Bertz CT molecular complexity index is 442. The second kappa shape index (κ2) is 7.90. The molecule has 1 aromatic carbocycles. The van der Waals surface area contributed by atoms with Crippen LogP contribution in [-0.2, 0) is 6.54 Å². The minimum absolute atomic E-state index is 0.246. The van der Waals surface area contributed by atoms with E-state index in [9.17, 15) is 9.90 Å². The average molecular weight is 278 g/mol. The van der Waals surface area contributed by atoms with Crippen LogP contribution in [0.3, 0.4) is 0 Å². The fourth-order valence-electron chi connectivity index (χ4n) is 2.47. The van der Waals surface area contributed by atoms with Crippen molar-refractivity contribution in [2.24, 2.45) is 5.92 Å². The fourth-order valence-corrected chi connectivity index (χ4v) is 2.47. The molecule has 0 amide bonds. The van der Waals surface area contributed by atoms with Crippen LogP contribution in [0.25, 0.3) is 0 Å². The fraction of sp³-hybridized carbons (Fsp3) is 0.562. The van der Waals surface area contributed by atoms with Crippen LogP contribution < -0.4 is 5.73 Å². The van der Waals surface area contributed by atoms with Gasteiger partial charge in [-0.25, -0.2) is 4.79 Å². The minimum atomic E-state index is -0.948. The highest BCUT2D eigenvalue weighted by Gasteiger charge is 2.17. The number of hydrogen-bond acceptors (Lipinski definition) is 3. The molecule has 0 fully saturated rings. The molecular weight excluding hydrogens is 252 g/mol. The van der Waals surface area contributed by atoms with Gasteiger partial charge in [-0.1, -0.05) is 45.7 Å². The second-order valence-corrected chi connectivity index (χ2v) is 5.20. The summed E-state index contributed by atoms with van der Waals surface area (Å²) >= 11 is 0. The van der Waals surface area contributed by atoms with E-state index in [1.807, 2.05) is 12.1 Å². The number of nitrogens with two attached hydrogens (primary N) is 1. The number of carboxylic acids is 1. The molecule has 0 atom stereocenters. The van der Waals surface area contributed by atoms with Crippen LogP contribution in [0.4, 0.5) is 5.69 Å². The number of aromatic carboxylic acids is 1. The van der Waals surface area contributed by atoms with Crippen molar-refractivity contribution in [1.29, 1.82) is 0 Å². The van der Waals surface area contributed by atoms with Crippen molar-refractivity contribution in [3.63, 3.8) is 0 Å². The summed E-state index contributed by atoms with van der Waals surface area (Å²) < 4.78 is 0. The zero-order valence-electron chi connectivity index (χ0n) is 12.7. The molecule has 4 nitrogen and oxygen atoms in total. The van der Waals surface area contributed by atoms with Gasteiger partial charge in [-0.05, 0) is 24.1 Å². The zero-order valence-corrected chi connectivity index (χ0v) is 12.7. The molecule has 0 aliphatic rings. The third-order valence-electron chi connectivity index (χ3n) is 3.91. The van der Waals surface area contributed by atoms with Gasteiger partial charge in [-0.3, -0.25) is 4.90 Å². The highest BCUT2D eigenvalue weighted by Crippen LogP contribution is 2.20. The Balaban J connectivity index is 2.90. The summed E-state index contributed by atoms with van der Waals surface area (Å²) in [5.41, 5.74) is 7.18. The van der Waals surface area contributed by atoms with Crippen LogP contribution in [-0.4, -0.2) is 29.1 Å². The monoisotopic (exact) mass is 278 g/mol. The van der Waals surface area contributed by atoms with Crippen molar-refractivity contribution in [2.75, 3.05) is 18.8 Å². The topological polar surface area (TPSA) is 66.6 Å². The van der Waals surface area contributed by atoms with Gasteiger partial charge in [0, 0.05) is 18.8 Å². The molecule has 0 saturated carbocycles. The van der Waals surface area contributed by atoms with Gasteiger partial charge in [0.25, 0.3) is 0 Å². The molecule has 0 spiro atoms. The highest BCUT2D eigenvalue weighted by molar-refractivity contribution is 5.95. The predicted octanol–water partition coefficient (Wildman–Crippen LogP) is 3.23. The van der Waals surface area contributed by atoms with E-state index in [1.165, 1.54) is 0 Å². The molecule has 1 aromatic rings. The summed E-state index contributed by atoms with van der Waals surface area (Å²) in [5.74, 6) is -0.291. The van der Waals surface area contributed by atoms with E-state index in [-0.39, 0.29) is 5.56 Å². The van der Waals surface area contributed by atoms with Crippen molar-refractivity contribution >= 4 is 11.7 Å². The molecule has 0 radical (unpaired) electrons. The lowest BCUT2D eigenvalue weighted by atomic mass is 10.0. The highest BCUT2D eigenvalue weighted by atomic mass is 16.4. The molecule has 20 heavy (non-hydrogen) atoms. The van der Waals surface area contributed by atoms with E-state index in [1.54, 1.807) is 6.07 Å². The number of rotatable bonds is 8. The maximum Gasteiger partial charge on any atom is 0.338 e. The van der Waals surface area contributed by atoms with Crippen LogP contribution in [0.15, 0.2) is 18.2 Å². The lowest BCUT2D eigenvalue weighted by molar-refractivity contribution is 0.0695. The molecule has 112 valence electrons. The van der Waals surface area contributed by atoms with Crippen LogP contribution >= 0.6 is 0 Å². The Hall–Kier alpha value is -1.55. The van der Waals surface area contributed by atoms with Crippen LogP contribution in [0.2, 0.25) is 0 Å². The van der Waals surface area contributed by atoms with Gasteiger partial charge in [-0.15, -0.1) is 0 Å². The van der Waals surface area contributed by atoms with Gasteiger partial charge in [0.15, 0.2) is 0 Å². The maximum absolute atomic E-state index is 11.3. The van der Waals surface area contributed by atoms with E-state index < -0.39 is 5.97 Å². The normalized spacial score (nSPS) is 11.2. The van der Waals surface area contributed by atoms with Gasteiger partial charge in [0.1, 0.15) is 0 Å². The van der Waals surface area contributed by atoms with Crippen molar-refractivity contribution in [3.8, 4) is 0 Å². The van der Waals surface area contributed by atoms with Crippen LogP contribution in [0, 0.1) is 5.92 Å². The lowest BCUT2D eigenvalue weighted by Crippen LogP contribution is -2.29. The largest absolute Gasteiger partial charge is 0.478 e. The van der Waals surface area contributed by atoms with Gasteiger partial charge in [0.2, 0.25) is 0 Å². The van der Waals surface area contributed by atoms with Crippen LogP contribution in [0.1, 0.15) is 49.5 Å². The number of carbonyl (C=O) groups is 1. The smallest absolute Gasteiger partial charge is 0.338 e. The van der Waals surface area contributed by atoms with Crippen LogP contribution in [0.5, 0.6) is 0 Å². The third kappa shape index (κ3) is 4.23. The molecule has 0 saturated heterocycles. The molecule has 0 aliphatic carbocycles. The molecular formula is C16H26N2O2. The first-order chi connectivity index (χ1) is 9.53. The van der Waals surface area contributed by atoms with Gasteiger partial charge in [0.05, 0.1) is 5.56 Å². The Morgan fingerprint density at radius 1 is 1.30 bits per heavy atom. The van der Waals surface area contributed by atoms with E-state index in [0.29, 0.717) is 18.2 Å². The lowest BCUT2D eigenvalue weighted by Gasteiger charge is -2.26. The molecule has 0 unspecified atom stereocenters. The summed E-state index contributed by atoms with van der Waals surface area (Å²) in [6.07, 6.45) is 2.30. The SMILES string of the molecule is CCC(CC)CN(CC)Cc1cccc(N)c1C(=O)O. The Labute approximate surface area is 121 Å². The van der Waals surface area contributed by atoms with E-state index in [0.717, 1.165) is 31.5 Å². The molecule has 3 N–H and O–H groups in total. The number of nitrogen functional groups attached to an aromatic ring is 1. The van der Waals surface area contributed by atoms with Gasteiger partial charge in [-0.2, -0.15) is 0 Å². The average Bonchev–Trinajstić information content (AvgIpc) is 2.42. The summed E-state index contributed by atoms with van der Waals surface area (Å²) in [6.45, 7) is 9.05. The van der Waals surface area contributed by atoms with Crippen molar-refractivity contribution in [2.45, 2.75) is 40.2 Å². The number of nitrogens with zero attached hydrogens (tertiary/aromatic N) is 1. The summed E-state index contributed by atoms with van der Waals surface area (Å²) in [6, 6.07) is 5.32. The Morgan fingerprint density at radius 2 is 1.95 bits per heavy atom. The zero-order chi connectivity index (χ0) is 15.1. The van der Waals surface area contributed by atoms with E-state index in [2.05, 4.69) is 25.7 Å². The Morgan fingerprint density at radius 3 is 2.45 bits per heavy atom. The van der Waals surface area contributed by atoms with E-state index >= 15 is 0 Å². The molecule has 0 aromatic heterocycles. The summed E-state index contributed by atoms with van der Waals surface area (Å²) in [4.78, 5) is 13.6. The predicted molar refractivity (Wildman–Crippen MR) is 82.8 cm³/mol. The van der Waals surface area contributed by atoms with Gasteiger partial charge < -0.3 is 10.8 Å². The van der Waals surface area contributed by atoms with Crippen molar-refractivity contribution in [1.82, 2.24) is 4.90 Å². The van der Waals surface area contributed by atoms with Crippen molar-refractivity contribution < 1.29 is 9.90 Å². The third-order valence-corrected chi connectivity index (χ3v) is 3.91. The standard InChI is InChI=1S/C16H26N2O2/c1-4-12(5-2)10-18(6-3)11-13-8-7-9-14(17)15(13)16(19)20/h7-9,12H,4-6,10-11,17H2,1-3H3,(H,19,20). The summed E-state index contributed by atoms with van der Waals surface area (Å²) in [5, 5.41) is 9.31. The maximum atomic E-state index is 11.3. The molecule has 0 bridgehead atoms.